The van der Waals surface area contributed by atoms with Crippen molar-refractivity contribution in [3.05, 3.63) is 51.5 Å². The number of hydrogen-bond donors (Lipinski definition) is 1. The number of aromatic nitrogens is 1. The van der Waals surface area contributed by atoms with Crippen LogP contribution in [0.15, 0.2) is 29.6 Å². The van der Waals surface area contributed by atoms with E-state index in [1.54, 1.807) is 11.3 Å². The van der Waals surface area contributed by atoms with Gasteiger partial charge in [0.05, 0.1) is 10.7 Å². The molecule has 0 unspecified atom stereocenters. The molecule has 0 saturated heterocycles. The van der Waals surface area contributed by atoms with Gasteiger partial charge in [0.15, 0.2) is 0 Å². The Morgan fingerprint density at radius 1 is 1.33 bits per heavy atom. The summed E-state index contributed by atoms with van der Waals surface area (Å²) in [5.74, 6) is 0. The molecule has 1 aromatic carbocycles. The van der Waals surface area contributed by atoms with Gasteiger partial charge in [0.1, 0.15) is 0 Å². The van der Waals surface area contributed by atoms with E-state index in [0.29, 0.717) is 6.04 Å². The Hall–Kier alpha value is -1.19. The number of benzene rings is 1. The number of rotatable bonds is 5. The van der Waals surface area contributed by atoms with E-state index in [0.717, 1.165) is 18.7 Å². The van der Waals surface area contributed by atoms with E-state index >= 15 is 0 Å². The lowest BCUT2D eigenvalue weighted by molar-refractivity contribution is 0.582. The first-order valence-corrected chi connectivity index (χ1v) is 7.23. The molecule has 0 saturated carbocycles. The SMILES string of the molecule is Cc1cccc(Cc2nc(CNC(C)C)cs2)c1. The van der Waals surface area contributed by atoms with Crippen LogP contribution in [-0.2, 0) is 13.0 Å². The second-order valence-electron chi connectivity index (χ2n) is 4.93. The van der Waals surface area contributed by atoms with Gasteiger partial charge in [-0.05, 0) is 12.5 Å². The van der Waals surface area contributed by atoms with Crippen molar-refractivity contribution in [2.24, 2.45) is 0 Å². The van der Waals surface area contributed by atoms with Gasteiger partial charge < -0.3 is 5.32 Å². The summed E-state index contributed by atoms with van der Waals surface area (Å²) in [5.41, 5.74) is 3.80. The molecule has 2 nitrogen and oxygen atoms in total. The van der Waals surface area contributed by atoms with E-state index in [1.165, 1.54) is 16.1 Å². The molecule has 1 heterocycles. The topological polar surface area (TPSA) is 24.9 Å². The molecule has 0 amide bonds. The van der Waals surface area contributed by atoms with Crippen LogP contribution in [0.1, 0.15) is 35.7 Å². The fourth-order valence-electron chi connectivity index (χ4n) is 1.82. The fourth-order valence-corrected chi connectivity index (χ4v) is 2.64. The number of nitrogens with zero attached hydrogens (tertiary/aromatic N) is 1. The van der Waals surface area contributed by atoms with E-state index in [4.69, 9.17) is 0 Å². The molecule has 96 valence electrons. The third-order valence-corrected chi connectivity index (χ3v) is 3.63. The molecular weight excluding hydrogens is 240 g/mol. The van der Waals surface area contributed by atoms with E-state index in [1.807, 2.05) is 0 Å². The Morgan fingerprint density at radius 2 is 2.17 bits per heavy atom. The van der Waals surface area contributed by atoms with Gasteiger partial charge in [-0.15, -0.1) is 11.3 Å². The molecule has 1 N–H and O–H groups in total. The fraction of sp³-hybridized carbons (Fsp3) is 0.400. The van der Waals surface area contributed by atoms with Crippen molar-refractivity contribution in [3.8, 4) is 0 Å². The quantitative estimate of drug-likeness (QED) is 0.889. The zero-order valence-electron chi connectivity index (χ0n) is 11.2. The minimum Gasteiger partial charge on any atom is -0.309 e. The summed E-state index contributed by atoms with van der Waals surface area (Å²) in [6, 6.07) is 9.14. The molecule has 0 atom stereocenters. The highest BCUT2D eigenvalue weighted by Crippen LogP contribution is 2.15. The summed E-state index contributed by atoms with van der Waals surface area (Å²) < 4.78 is 0. The molecule has 0 aliphatic carbocycles. The number of nitrogens with one attached hydrogen (secondary N) is 1. The van der Waals surface area contributed by atoms with E-state index in [-0.39, 0.29) is 0 Å². The van der Waals surface area contributed by atoms with Gasteiger partial charge in [0.2, 0.25) is 0 Å². The zero-order chi connectivity index (χ0) is 13.0. The maximum Gasteiger partial charge on any atom is 0.0972 e. The third kappa shape index (κ3) is 3.93. The Kier molecular flexibility index (Phi) is 4.50. The van der Waals surface area contributed by atoms with Gasteiger partial charge in [0.25, 0.3) is 0 Å². The second kappa shape index (κ2) is 6.12. The lowest BCUT2D eigenvalue weighted by Crippen LogP contribution is -2.21. The van der Waals surface area contributed by atoms with E-state index < -0.39 is 0 Å². The maximum atomic E-state index is 4.66. The molecule has 0 fully saturated rings. The van der Waals surface area contributed by atoms with E-state index in [2.05, 4.69) is 60.7 Å². The first-order valence-electron chi connectivity index (χ1n) is 6.35. The number of thiazole rings is 1. The largest absolute Gasteiger partial charge is 0.309 e. The summed E-state index contributed by atoms with van der Waals surface area (Å²) in [5, 5.41) is 6.74. The first kappa shape index (κ1) is 13.2. The summed E-state index contributed by atoms with van der Waals surface area (Å²) in [4.78, 5) is 4.66. The van der Waals surface area contributed by atoms with Crippen molar-refractivity contribution in [1.29, 1.82) is 0 Å². The van der Waals surface area contributed by atoms with Crippen molar-refractivity contribution in [1.82, 2.24) is 10.3 Å². The minimum absolute atomic E-state index is 0.506. The summed E-state index contributed by atoms with van der Waals surface area (Å²) in [6.45, 7) is 7.30. The van der Waals surface area contributed by atoms with Crippen LogP contribution in [0.5, 0.6) is 0 Å². The summed E-state index contributed by atoms with van der Waals surface area (Å²) in [7, 11) is 0. The van der Waals surface area contributed by atoms with Crippen LogP contribution in [-0.4, -0.2) is 11.0 Å². The lowest BCUT2D eigenvalue weighted by Gasteiger charge is -2.04. The molecule has 0 aliphatic rings. The normalized spacial score (nSPS) is 11.1. The zero-order valence-corrected chi connectivity index (χ0v) is 12.1. The average Bonchev–Trinajstić information content (AvgIpc) is 2.74. The van der Waals surface area contributed by atoms with Crippen LogP contribution >= 0.6 is 11.3 Å². The highest BCUT2D eigenvalue weighted by atomic mass is 32.1. The molecular formula is C15H20N2S. The van der Waals surface area contributed by atoms with Crippen molar-refractivity contribution >= 4 is 11.3 Å². The van der Waals surface area contributed by atoms with Gasteiger partial charge in [-0.3, -0.25) is 0 Å². The smallest absolute Gasteiger partial charge is 0.0972 e. The summed E-state index contributed by atoms with van der Waals surface area (Å²) >= 11 is 1.75. The molecule has 1 aromatic heterocycles. The Balaban J connectivity index is 1.98. The standard InChI is InChI=1S/C15H20N2S/c1-11(2)16-9-14-10-18-15(17-14)8-13-6-4-5-12(3)7-13/h4-7,10-11,16H,8-9H2,1-3H3. The molecule has 2 aromatic rings. The van der Waals surface area contributed by atoms with Crippen LogP contribution in [0.3, 0.4) is 0 Å². The molecule has 0 radical (unpaired) electrons. The first-order chi connectivity index (χ1) is 8.63. The van der Waals surface area contributed by atoms with Crippen LogP contribution in [0.2, 0.25) is 0 Å². The van der Waals surface area contributed by atoms with Crippen LogP contribution in [0, 0.1) is 6.92 Å². The Bertz CT molecular complexity index is 503. The molecule has 2 rings (SSSR count). The second-order valence-corrected chi connectivity index (χ2v) is 5.88. The highest BCUT2D eigenvalue weighted by molar-refractivity contribution is 7.09. The van der Waals surface area contributed by atoms with Crippen molar-refractivity contribution in [3.63, 3.8) is 0 Å². The van der Waals surface area contributed by atoms with Crippen LogP contribution in [0.25, 0.3) is 0 Å². The van der Waals surface area contributed by atoms with E-state index in [9.17, 15) is 0 Å². The minimum atomic E-state index is 0.506. The van der Waals surface area contributed by atoms with Crippen LogP contribution < -0.4 is 5.32 Å². The molecule has 18 heavy (non-hydrogen) atoms. The number of hydrogen-bond acceptors (Lipinski definition) is 3. The average molecular weight is 260 g/mol. The highest BCUT2D eigenvalue weighted by Gasteiger charge is 2.04. The summed E-state index contributed by atoms with van der Waals surface area (Å²) in [6.07, 6.45) is 0.939. The third-order valence-electron chi connectivity index (χ3n) is 2.73. The monoisotopic (exact) mass is 260 g/mol. The Labute approximate surface area is 113 Å². The number of aryl methyl sites for hydroxylation is 1. The molecule has 0 spiro atoms. The Morgan fingerprint density at radius 3 is 2.89 bits per heavy atom. The van der Waals surface area contributed by atoms with Gasteiger partial charge in [-0.1, -0.05) is 43.7 Å². The maximum absolute atomic E-state index is 4.66. The predicted octanol–water partition coefficient (Wildman–Crippen LogP) is 3.54. The molecule has 3 heteroatoms. The molecule has 0 aliphatic heterocycles. The van der Waals surface area contributed by atoms with Gasteiger partial charge in [-0.2, -0.15) is 0 Å². The van der Waals surface area contributed by atoms with Crippen molar-refractivity contribution < 1.29 is 0 Å². The van der Waals surface area contributed by atoms with Crippen LogP contribution in [0.4, 0.5) is 0 Å². The molecule has 0 bridgehead atoms. The predicted molar refractivity (Wildman–Crippen MR) is 78.1 cm³/mol. The van der Waals surface area contributed by atoms with Crippen molar-refractivity contribution in [2.45, 2.75) is 39.8 Å². The van der Waals surface area contributed by atoms with Gasteiger partial charge in [0, 0.05) is 24.4 Å². The van der Waals surface area contributed by atoms with Gasteiger partial charge in [-0.25, -0.2) is 4.98 Å². The lowest BCUT2D eigenvalue weighted by atomic mass is 10.1. The van der Waals surface area contributed by atoms with Gasteiger partial charge >= 0.3 is 0 Å². The van der Waals surface area contributed by atoms with Crippen molar-refractivity contribution in [2.75, 3.05) is 0 Å².